The SMILES string of the molecule is O=C1/C(=C\c2ccccc2)SC(=S)N1Nc1c(Cl)cc(Cl)cc1Cl. The summed E-state index contributed by atoms with van der Waals surface area (Å²) in [7, 11) is 0. The molecule has 0 atom stereocenters. The van der Waals surface area contributed by atoms with Crippen molar-refractivity contribution in [1.29, 1.82) is 0 Å². The fraction of sp³-hybridized carbons (Fsp3) is 0. The smallest absolute Gasteiger partial charge is 0.285 e. The van der Waals surface area contributed by atoms with Gasteiger partial charge >= 0.3 is 0 Å². The van der Waals surface area contributed by atoms with Crippen LogP contribution in [-0.4, -0.2) is 15.2 Å². The molecule has 0 aromatic heterocycles. The molecular formula is C16H9Cl3N2OS2. The second-order valence-corrected chi connectivity index (χ2v) is 7.71. The van der Waals surface area contributed by atoms with E-state index in [4.69, 9.17) is 47.0 Å². The van der Waals surface area contributed by atoms with Crippen LogP contribution in [-0.2, 0) is 4.79 Å². The number of carbonyl (C=O) groups excluding carboxylic acids is 1. The number of halogens is 3. The lowest BCUT2D eigenvalue weighted by atomic mass is 10.2. The van der Waals surface area contributed by atoms with E-state index in [1.807, 2.05) is 30.3 Å². The molecule has 3 nitrogen and oxygen atoms in total. The van der Waals surface area contributed by atoms with Gasteiger partial charge in [-0.05, 0) is 36.0 Å². The van der Waals surface area contributed by atoms with E-state index in [0.29, 0.717) is 30.0 Å². The van der Waals surface area contributed by atoms with Crippen LogP contribution in [0.2, 0.25) is 15.1 Å². The van der Waals surface area contributed by atoms with E-state index in [2.05, 4.69) is 5.43 Å². The maximum atomic E-state index is 12.6. The summed E-state index contributed by atoms with van der Waals surface area (Å²) in [5, 5.41) is 2.25. The molecule has 0 spiro atoms. The molecule has 1 amide bonds. The summed E-state index contributed by atoms with van der Waals surface area (Å²) in [6.07, 6.45) is 1.78. The molecule has 1 aliphatic heterocycles. The summed E-state index contributed by atoms with van der Waals surface area (Å²) in [6, 6.07) is 12.6. The molecule has 2 aromatic rings. The molecule has 0 saturated carbocycles. The van der Waals surface area contributed by atoms with Crippen LogP contribution in [0.3, 0.4) is 0 Å². The lowest BCUT2D eigenvalue weighted by Crippen LogP contribution is -2.34. The Bertz CT molecular complexity index is 833. The molecule has 24 heavy (non-hydrogen) atoms. The highest BCUT2D eigenvalue weighted by Gasteiger charge is 2.33. The van der Waals surface area contributed by atoms with Crippen LogP contribution in [0.25, 0.3) is 6.08 Å². The second-order valence-electron chi connectivity index (χ2n) is 4.78. The Balaban J connectivity index is 1.87. The molecule has 3 rings (SSSR count). The summed E-state index contributed by atoms with van der Waals surface area (Å²) >= 11 is 24.7. The van der Waals surface area contributed by atoms with E-state index in [9.17, 15) is 4.79 Å². The zero-order valence-corrected chi connectivity index (χ0v) is 15.8. The first-order valence-corrected chi connectivity index (χ1v) is 9.06. The number of nitrogens with one attached hydrogen (secondary N) is 1. The molecule has 1 aliphatic rings. The fourth-order valence-corrected chi connectivity index (χ4v) is 4.11. The number of amides is 1. The van der Waals surface area contributed by atoms with Gasteiger partial charge in [0.15, 0.2) is 4.32 Å². The van der Waals surface area contributed by atoms with Crippen LogP contribution in [0.5, 0.6) is 0 Å². The van der Waals surface area contributed by atoms with Gasteiger partial charge in [0, 0.05) is 5.02 Å². The van der Waals surface area contributed by atoms with Crippen molar-refractivity contribution in [2.24, 2.45) is 0 Å². The number of thioether (sulfide) groups is 1. The summed E-state index contributed by atoms with van der Waals surface area (Å²) < 4.78 is 0.365. The Hall–Kier alpha value is -1.24. The lowest BCUT2D eigenvalue weighted by Gasteiger charge is -2.19. The molecule has 1 heterocycles. The van der Waals surface area contributed by atoms with E-state index in [-0.39, 0.29) is 5.91 Å². The first kappa shape index (κ1) is 17.6. The van der Waals surface area contributed by atoms with E-state index in [1.165, 1.54) is 28.9 Å². The predicted octanol–water partition coefficient (Wildman–Crippen LogP) is 5.88. The number of thiocarbonyl (C=S) groups is 1. The summed E-state index contributed by atoms with van der Waals surface area (Å²) in [6.45, 7) is 0. The number of nitrogens with zero attached hydrogens (tertiary/aromatic N) is 1. The monoisotopic (exact) mass is 414 g/mol. The number of rotatable bonds is 3. The first-order chi connectivity index (χ1) is 11.5. The highest BCUT2D eigenvalue weighted by molar-refractivity contribution is 8.26. The van der Waals surface area contributed by atoms with Crippen molar-refractivity contribution in [1.82, 2.24) is 5.01 Å². The first-order valence-electron chi connectivity index (χ1n) is 6.70. The van der Waals surface area contributed by atoms with Crippen molar-refractivity contribution in [3.63, 3.8) is 0 Å². The maximum absolute atomic E-state index is 12.6. The van der Waals surface area contributed by atoms with Crippen molar-refractivity contribution in [3.8, 4) is 0 Å². The third-order valence-corrected chi connectivity index (χ3v) is 5.24. The second kappa shape index (κ2) is 7.33. The summed E-state index contributed by atoms with van der Waals surface area (Å²) in [5.74, 6) is -0.268. The molecule has 122 valence electrons. The Morgan fingerprint density at radius 3 is 2.33 bits per heavy atom. The van der Waals surface area contributed by atoms with Crippen molar-refractivity contribution in [2.75, 3.05) is 5.43 Å². The zero-order valence-electron chi connectivity index (χ0n) is 11.9. The molecule has 1 fully saturated rings. The Morgan fingerprint density at radius 1 is 1.08 bits per heavy atom. The van der Waals surface area contributed by atoms with Crippen LogP contribution in [0.1, 0.15) is 5.56 Å². The van der Waals surface area contributed by atoms with Crippen LogP contribution >= 0.6 is 58.8 Å². The van der Waals surface area contributed by atoms with Crippen LogP contribution in [0.4, 0.5) is 5.69 Å². The van der Waals surface area contributed by atoms with Crippen molar-refractivity contribution >= 4 is 80.8 Å². The Morgan fingerprint density at radius 2 is 1.71 bits per heavy atom. The number of carbonyl (C=O) groups is 1. The summed E-state index contributed by atoms with van der Waals surface area (Å²) in [5.41, 5.74) is 4.17. The number of benzene rings is 2. The third-order valence-electron chi connectivity index (χ3n) is 3.12. The highest BCUT2D eigenvalue weighted by Crippen LogP contribution is 2.37. The Kier molecular flexibility index (Phi) is 5.37. The number of hydrogen-bond acceptors (Lipinski definition) is 4. The molecule has 0 unspecified atom stereocenters. The maximum Gasteiger partial charge on any atom is 0.285 e. The van der Waals surface area contributed by atoms with Crippen molar-refractivity contribution in [2.45, 2.75) is 0 Å². The number of hydrazine groups is 1. The minimum absolute atomic E-state index is 0.268. The van der Waals surface area contributed by atoms with Gasteiger partial charge in [-0.15, -0.1) is 0 Å². The molecule has 0 radical (unpaired) electrons. The van der Waals surface area contributed by atoms with Gasteiger partial charge in [0.1, 0.15) is 0 Å². The quantitative estimate of drug-likeness (QED) is 0.501. The average Bonchev–Trinajstić information content (AvgIpc) is 2.78. The van der Waals surface area contributed by atoms with Gasteiger partial charge < -0.3 is 0 Å². The van der Waals surface area contributed by atoms with Crippen molar-refractivity contribution in [3.05, 3.63) is 68.0 Å². The minimum atomic E-state index is -0.268. The van der Waals surface area contributed by atoms with Gasteiger partial charge in [-0.3, -0.25) is 10.2 Å². The highest BCUT2D eigenvalue weighted by atomic mass is 35.5. The van der Waals surface area contributed by atoms with Gasteiger partial charge in [-0.2, -0.15) is 0 Å². The third kappa shape index (κ3) is 3.71. The topological polar surface area (TPSA) is 32.3 Å². The number of hydrogen-bond donors (Lipinski definition) is 1. The van der Waals surface area contributed by atoms with E-state index in [0.717, 1.165) is 5.56 Å². The van der Waals surface area contributed by atoms with E-state index >= 15 is 0 Å². The van der Waals surface area contributed by atoms with Gasteiger partial charge in [-0.1, -0.05) is 76.9 Å². The zero-order chi connectivity index (χ0) is 17.3. The molecule has 2 aromatic carbocycles. The Labute approximate surface area is 163 Å². The van der Waals surface area contributed by atoms with Gasteiger partial charge in [0.25, 0.3) is 5.91 Å². The van der Waals surface area contributed by atoms with Gasteiger partial charge in [0.05, 0.1) is 20.6 Å². The lowest BCUT2D eigenvalue weighted by molar-refractivity contribution is -0.121. The van der Waals surface area contributed by atoms with Gasteiger partial charge in [-0.25, -0.2) is 5.01 Å². The number of anilines is 1. The fourth-order valence-electron chi connectivity index (χ4n) is 2.03. The average molecular weight is 416 g/mol. The molecule has 1 saturated heterocycles. The van der Waals surface area contributed by atoms with E-state index in [1.54, 1.807) is 6.08 Å². The van der Waals surface area contributed by atoms with Crippen LogP contribution < -0.4 is 5.43 Å². The molecular weight excluding hydrogens is 407 g/mol. The predicted molar refractivity (Wildman–Crippen MR) is 107 cm³/mol. The normalized spacial score (nSPS) is 16.1. The van der Waals surface area contributed by atoms with Crippen LogP contribution in [0, 0.1) is 0 Å². The van der Waals surface area contributed by atoms with Crippen molar-refractivity contribution < 1.29 is 4.79 Å². The molecule has 0 aliphatic carbocycles. The summed E-state index contributed by atoms with van der Waals surface area (Å²) in [4.78, 5) is 13.1. The minimum Gasteiger partial charge on any atom is -0.287 e. The molecule has 0 bridgehead atoms. The van der Waals surface area contributed by atoms with Crippen LogP contribution in [0.15, 0.2) is 47.4 Å². The van der Waals surface area contributed by atoms with Gasteiger partial charge in [0.2, 0.25) is 0 Å². The largest absolute Gasteiger partial charge is 0.287 e. The standard InChI is InChI=1S/C16H9Cl3N2OS2/c17-10-7-11(18)14(12(19)8-10)20-21-15(22)13(24-16(21)23)6-9-4-2-1-3-5-9/h1-8,20H/b13-6+. The molecule has 8 heteroatoms. The molecule has 1 N–H and O–H groups in total. The van der Waals surface area contributed by atoms with E-state index < -0.39 is 0 Å².